The van der Waals surface area contributed by atoms with Gasteiger partial charge in [-0.3, -0.25) is 19.7 Å². The normalized spacial score (nSPS) is 16.1. The van der Waals surface area contributed by atoms with E-state index in [-0.39, 0.29) is 18.8 Å². The third kappa shape index (κ3) is 7.57. The van der Waals surface area contributed by atoms with Gasteiger partial charge in [-0.2, -0.15) is 0 Å². The van der Waals surface area contributed by atoms with Gasteiger partial charge in [-0.25, -0.2) is 14.8 Å². The van der Waals surface area contributed by atoms with Crippen LogP contribution in [0.4, 0.5) is 5.69 Å². The lowest BCUT2D eigenvalue weighted by Crippen LogP contribution is -2.62. The van der Waals surface area contributed by atoms with Crippen molar-refractivity contribution in [2.45, 2.75) is 56.1 Å². The molecule has 42 heavy (non-hydrogen) atoms. The minimum absolute atomic E-state index is 0.00450. The Morgan fingerprint density at radius 2 is 1.62 bits per heavy atom. The number of carboxylic acid groups (broad SMARTS) is 1. The summed E-state index contributed by atoms with van der Waals surface area (Å²) in [7, 11) is 0. The third-order valence-corrected chi connectivity index (χ3v) is 8.09. The third-order valence-electron chi connectivity index (χ3n) is 6.93. The monoisotopic (exact) mass is 589 g/mol. The van der Waals surface area contributed by atoms with E-state index in [9.17, 15) is 24.3 Å². The number of anilines is 1. The number of fused-ring (bicyclic) bond motifs is 1. The molecular weight excluding hydrogens is 554 g/mol. The van der Waals surface area contributed by atoms with Crippen LogP contribution >= 0.6 is 11.8 Å². The van der Waals surface area contributed by atoms with Crippen LogP contribution in [-0.4, -0.2) is 64.4 Å². The summed E-state index contributed by atoms with van der Waals surface area (Å²) in [4.78, 5) is 53.9. The molecule has 9 nitrogen and oxygen atoms in total. The molecule has 0 spiro atoms. The molecule has 1 aliphatic heterocycles. The van der Waals surface area contributed by atoms with Crippen molar-refractivity contribution >= 4 is 41.2 Å². The summed E-state index contributed by atoms with van der Waals surface area (Å²) in [5.74, 6) is -2.59. The lowest BCUT2D eigenvalue weighted by atomic mass is 10.0. The average Bonchev–Trinajstić information content (AvgIpc) is 3.12. The number of ether oxygens (including phenoxy) is 1. The van der Waals surface area contributed by atoms with E-state index in [2.05, 4.69) is 5.32 Å². The van der Waals surface area contributed by atoms with Crippen molar-refractivity contribution < 1.29 is 29.0 Å². The van der Waals surface area contributed by atoms with Gasteiger partial charge in [0.2, 0.25) is 5.91 Å². The first-order valence-electron chi connectivity index (χ1n) is 13.9. The molecule has 0 aromatic heterocycles. The number of aryl methyl sites for hydroxylation is 1. The van der Waals surface area contributed by atoms with E-state index in [4.69, 9.17) is 4.74 Å². The molecule has 1 heterocycles. The first-order chi connectivity index (χ1) is 20.3. The molecule has 2 amide bonds. The Hall–Kier alpha value is -4.15. The Balaban J connectivity index is 1.69. The van der Waals surface area contributed by atoms with E-state index in [0.29, 0.717) is 29.0 Å². The van der Waals surface area contributed by atoms with Crippen LogP contribution in [0.15, 0.2) is 89.8 Å². The summed E-state index contributed by atoms with van der Waals surface area (Å²) in [5.41, 5.74) is 2.15. The number of hydrogen-bond donors (Lipinski definition) is 2. The fourth-order valence-electron chi connectivity index (χ4n) is 4.93. The summed E-state index contributed by atoms with van der Waals surface area (Å²) in [6.07, 6.45) is 0.953. The SMILES string of the molecule is CCOC(=O)[C@@H](CCc1ccccc1)NC1CSc2ccccc2N(N(C(C)=O)[C@@H](Cc2ccccc2)C(=O)O)C1=O. The van der Waals surface area contributed by atoms with Crippen LogP contribution in [0.3, 0.4) is 0 Å². The summed E-state index contributed by atoms with van der Waals surface area (Å²) in [6, 6.07) is 22.7. The molecule has 0 bridgehead atoms. The van der Waals surface area contributed by atoms with Gasteiger partial charge in [-0.1, -0.05) is 72.8 Å². The standard InChI is InChI=1S/C32H35N3O6S/c1-3-41-32(40)25(19-18-23-12-6-4-7-13-23)33-26-21-42-29-17-11-10-16-27(29)35(30(26)37)34(22(2)36)28(31(38)39)20-24-14-8-5-9-15-24/h4-17,25-26,28,33H,3,18-21H2,1-2H3,(H,38,39)/t25-,26?,28+/m1/s1. The van der Waals surface area contributed by atoms with Gasteiger partial charge in [0.05, 0.1) is 18.3 Å². The molecule has 0 radical (unpaired) electrons. The average molecular weight is 590 g/mol. The van der Waals surface area contributed by atoms with Crippen LogP contribution in [0.5, 0.6) is 0 Å². The number of amides is 2. The first-order valence-corrected chi connectivity index (χ1v) is 14.9. The number of hydrazine groups is 1. The summed E-state index contributed by atoms with van der Waals surface area (Å²) >= 11 is 1.40. The van der Waals surface area contributed by atoms with Gasteiger partial charge in [0.15, 0.2) is 6.04 Å². The lowest BCUT2D eigenvalue weighted by molar-refractivity contribution is -0.151. The molecule has 3 aromatic carbocycles. The van der Waals surface area contributed by atoms with Crippen molar-refractivity contribution in [1.82, 2.24) is 10.3 Å². The van der Waals surface area contributed by atoms with Crippen molar-refractivity contribution in [3.63, 3.8) is 0 Å². The Bertz CT molecular complexity index is 1390. The van der Waals surface area contributed by atoms with E-state index in [1.54, 1.807) is 43.3 Å². The zero-order valence-corrected chi connectivity index (χ0v) is 24.5. The highest BCUT2D eigenvalue weighted by molar-refractivity contribution is 7.99. The number of esters is 1. The van der Waals surface area contributed by atoms with Gasteiger partial charge in [-0.05, 0) is 43.0 Å². The molecule has 0 saturated carbocycles. The van der Waals surface area contributed by atoms with Gasteiger partial charge >= 0.3 is 11.9 Å². The lowest BCUT2D eigenvalue weighted by Gasteiger charge is -2.39. The molecular formula is C32H35N3O6S. The Labute approximate surface area is 249 Å². The summed E-state index contributed by atoms with van der Waals surface area (Å²) in [6.45, 7) is 3.16. The number of carbonyl (C=O) groups is 4. The van der Waals surface area contributed by atoms with Gasteiger partial charge in [-0.15, -0.1) is 11.8 Å². The maximum atomic E-state index is 14.3. The number of hydrogen-bond acceptors (Lipinski definition) is 7. The van der Waals surface area contributed by atoms with E-state index >= 15 is 0 Å². The number of carbonyl (C=O) groups excluding carboxylic acids is 3. The molecule has 3 aromatic rings. The first kappa shape index (κ1) is 30.8. The quantitative estimate of drug-likeness (QED) is 0.304. The minimum Gasteiger partial charge on any atom is -0.480 e. The summed E-state index contributed by atoms with van der Waals surface area (Å²) in [5, 5.41) is 15.7. The molecule has 0 saturated heterocycles. The predicted octanol–water partition coefficient (Wildman–Crippen LogP) is 4.11. The van der Waals surface area contributed by atoms with Crippen molar-refractivity contribution in [3.05, 3.63) is 96.1 Å². The zero-order chi connectivity index (χ0) is 30.1. The second-order valence-corrected chi connectivity index (χ2v) is 10.9. The minimum atomic E-state index is -1.36. The van der Waals surface area contributed by atoms with Crippen molar-refractivity contribution in [2.75, 3.05) is 17.4 Å². The number of rotatable bonds is 12. The molecule has 3 atom stereocenters. The van der Waals surface area contributed by atoms with Crippen LogP contribution in [0, 0.1) is 0 Å². The van der Waals surface area contributed by atoms with Crippen molar-refractivity contribution in [1.29, 1.82) is 0 Å². The molecule has 0 fully saturated rings. The maximum Gasteiger partial charge on any atom is 0.328 e. The van der Waals surface area contributed by atoms with Gasteiger partial charge in [0.1, 0.15) is 6.04 Å². The smallest absolute Gasteiger partial charge is 0.328 e. The van der Waals surface area contributed by atoms with E-state index < -0.39 is 41.9 Å². The molecule has 4 rings (SSSR count). The number of thioether (sulfide) groups is 1. The van der Waals surface area contributed by atoms with Crippen LogP contribution in [0.2, 0.25) is 0 Å². The van der Waals surface area contributed by atoms with Crippen LogP contribution < -0.4 is 10.3 Å². The summed E-state index contributed by atoms with van der Waals surface area (Å²) < 4.78 is 5.34. The molecule has 0 aliphatic carbocycles. The number of para-hydroxylation sites is 1. The van der Waals surface area contributed by atoms with Gasteiger partial charge in [0, 0.05) is 24.0 Å². The van der Waals surface area contributed by atoms with E-state index in [1.807, 2.05) is 48.5 Å². The highest BCUT2D eigenvalue weighted by atomic mass is 32.2. The Morgan fingerprint density at radius 3 is 2.24 bits per heavy atom. The fourth-order valence-corrected chi connectivity index (χ4v) is 5.99. The maximum absolute atomic E-state index is 14.3. The highest BCUT2D eigenvalue weighted by Crippen LogP contribution is 2.36. The van der Waals surface area contributed by atoms with Crippen molar-refractivity contribution in [3.8, 4) is 0 Å². The Morgan fingerprint density at radius 1 is 1.00 bits per heavy atom. The topological polar surface area (TPSA) is 116 Å². The number of aliphatic carboxylic acids is 1. The molecule has 220 valence electrons. The predicted molar refractivity (Wildman–Crippen MR) is 161 cm³/mol. The van der Waals surface area contributed by atoms with Gasteiger partial charge in [0.25, 0.3) is 5.91 Å². The number of nitrogens with zero attached hydrogens (tertiary/aromatic N) is 2. The second kappa shape index (κ2) is 14.7. The molecule has 2 N–H and O–H groups in total. The van der Waals surface area contributed by atoms with Crippen LogP contribution in [0.1, 0.15) is 31.4 Å². The molecule has 1 aliphatic rings. The number of nitrogens with one attached hydrogen (secondary N) is 1. The van der Waals surface area contributed by atoms with Crippen LogP contribution in [-0.2, 0) is 36.8 Å². The largest absolute Gasteiger partial charge is 0.480 e. The van der Waals surface area contributed by atoms with E-state index in [0.717, 1.165) is 10.6 Å². The van der Waals surface area contributed by atoms with Gasteiger partial charge < -0.3 is 9.84 Å². The number of carboxylic acids is 1. The Kier molecular flexibility index (Phi) is 10.7. The number of benzene rings is 3. The highest BCUT2D eigenvalue weighted by Gasteiger charge is 2.42. The van der Waals surface area contributed by atoms with Crippen molar-refractivity contribution in [2.24, 2.45) is 0 Å². The van der Waals surface area contributed by atoms with E-state index in [1.165, 1.54) is 23.7 Å². The van der Waals surface area contributed by atoms with Crippen LogP contribution in [0.25, 0.3) is 0 Å². The zero-order valence-electron chi connectivity index (χ0n) is 23.6. The molecule has 10 heteroatoms. The fraction of sp³-hybridized carbons (Fsp3) is 0.312. The second-order valence-electron chi connectivity index (χ2n) is 9.88. The molecule has 1 unspecified atom stereocenters.